The number of ether oxygens (including phenoxy) is 1. The first-order valence-corrected chi connectivity index (χ1v) is 6.86. The fourth-order valence-corrected chi connectivity index (χ4v) is 1.98. The summed E-state index contributed by atoms with van der Waals surface area (Å²) < 4.78 is 6.86. The molecular formula is C15H19N3O2. The van der Waals surface area contributed by atoms with E-state index in [1.54, 1.807) is 11.6 Å². The number of aromatic nitrogens is 3. The molecule has 106 valence electrons. The van der Waals surface area contributed by atoms with E-state index in [9.17, 15) is 4.79 Å². The number of carbonyl (C=O) groups is 1. The average Bonchev–Trinajstić information content (AvgIpc) is 2.92. The van der Waals surface area contributed by atoms with E-state index in [1.165, 1.54) is 0 Å². The van der Waals surface area contributed by atoms with Gasteiger partial charge in [-0.15, -0.1) is 5.10 Å². The fraction of sp³-hybridized carbons (Fsp3) is 0.400. The van der Waals surface area contributed by atoms with Crippen LogP contribution in [-0.2, 0) is 4.74 Å². The third kappa shape index (κ3) is 2.71. The average molecular weight is 273 g/mol. The number of benzene rings is 1. The van der Waals surface area contributed by atoms with E-state index in [2.05, 4.69) is 24.2 Å². The van der Waals surface area contributed by atoms with Gasteiger partial charge in [0.15, 0.2) is 5.69 Å². The molecule has 0 amide bonds. The number of nitrogens with zero attached hydrogens (tertiary/aromatic N) is 3. The molecule has 20 heavy (non-hydrogen) atoms. The molecule has 0 fully saturated rings. The first kappa shape index (κ1) is 14.2. The topological polar surface area (TPSA) is 57.0 Å². The van der Waals surface area contributed by atoms with Crippen molar-refractivity contribution in [2.24, 2.45) is 0 Å². The number of hydrogen-bond donors (Lipinski definition) is 0. The highest BCUT2D eigenvalue weighted by Crippen LogP contribution is 2.26. The van der Waals surface area contributed by atoms with E-state index < -0.39 is 5.97 Å². The Kier molecular flexibility index (Phi) is 4.50. The van der Waals surface area contributed by atoms with Crippen LogP contribution in [0.1, 0.15) is 43.7 Å². The van der Waals surface area contributed by atoms with Crippen molar-refractivity contribution >= 4 is 5.97 Å². The molecule has 1 aromatic carbocycles. The Morgan fingerprint density at radius 2 is 2.00 bits per heavy atom. The van der Waals surface area contributed by atoms with Gasteiger partial charge >= 0.3 is 5.97 Å². The van der Waals surface area contributed by atoms with Gasteiger partial charge in [0.1, 0.15) is 5.69 Å². The molecular weight excluding hydrogens is 254 g/mol. The van der Waals surface area contributed by atoms with Crippen molar-refractivity contribution in [3.05, 3.63) is 36.0 Å². The molecule has 0 aliphatic heterocycles. The van der Waals surface area contributed by atoms with E-state index in [1.807, 2.05) is 30.3 Å². The predicted octanol–water partition coefficient (Wildman–Crippen LogP) is 3.09. The molecule has 0 saturated heterocycles. The second kappa shape index (κ2) is 6.32. The lowest BCUT2D eigenvalue weighted by molar-refractivity contribution is 0.0520. The molecule has 0 saturated carbocycles. The van der Waals surface area contributed by atoms with Gasteiger partial charge < -0.3 is 4.74 Å². The van der Waals surface area contributed by atoms with Gasteiger partial charge in [-0.25, -0.2) is 9.48 Å². The molecule has 0 bridgehead atoms. The van der Waals surface area contributed by atoms with Gasteiger partial charge in [0.25, 0.3) is 0 Å². The smallest absolute Gasteiger partial charge is 0.361 e. The molecule has 1 aromatic heterocycles. The van der Waals surface area contributed by atoms with Gasteiger partial charge in [-0.05, 0) is 20.3 Å². The van der Waals surface area contributed by atoms with Crippen LogP contribution in [0.15, 0.2) is 30.3 Å². The SMILES string of the molecule is CCOC(=O)c1nnn(C(C)CC)c1-c1ccccc1. The lowest BCUT2D eigenvalue weighted by Gasteiger charge is -2.13. The lowest BCUT2D eigenvalue weighted by Crippen LogP contribution is -2.10. The molecule has 0 radical (unpaired) electrons. The maximum atomic E-state index is 12.0. The first-order valence-electron chi connectivity index (χ1n) is 6.86. The minimum atomic E-state index is -0.430. The van der Waals surface area contributed by atoms with Crippen LogP contribution in [0.3, 0.4) is 0 Å². The normalized spacial score (nSPS) is 12.2. The summed E-state index contributed by atoms with van der Waals surface area (Å²) in [6.07, 6.45) is 0.908. The van der Waals surface area contributed by atoms with E-state index in [0.29, 0.717) is 6.61 Å². The van der Waals surface area contributed by atoms with Crippen molar-refractivity contribution in [3.8, 4) is 11.3 Å². The summed E-state index contributed by atoms with van der Waals surface area (Å²) in [7, 11) is 0. The maximum Gasteiger partial charge on any atom is 0.361 e. The van der Waals surface area contributed by atoms with Crippen molar-refractivity contribution in [2.45, 2.75) is 33.2 Å². The molecule has 0 aliphatic rings. The van der Waals surface area contributed by atoms with Crippen LogP contribution >= 0.6 is 0 Å². The molecule has 2 rings (SSSR count). The van der Waals surface area contributed by atoms with Gasteiger partial charge in [-0.1, -0.05) is 42.5 Å². The Labute approximate surface area is 118 Å². The third-order valence-electron chi connectivity index (χ3n) is 3.22. The molecule has 0 aliphatic carbocycles. The summed E-state index contributed by atoms with van der Waals surface area (Å²) in [5, 5.41) is 8.15. The standard InChI is InChI=1S/C15H19N3O2/c1-4-11(3)18-14(12-9-7-6-8-10-12)13(16-17-18)15(19)20-5-2/h6-11H,4-5H2,1-3H3. The molecule has 0 spiro atoms. The summed E-state index contributed by atoms with van der Waals surface area (Å²) >= 11 is 0. The van der Waals surface area contributed by atoms with Gasteiger partial charge in [0.05, 0.1) is 12.6 Å². The summed E-state index contributed by atoms with van der Waals surface area (Å²) in [5.41, 5.74) is 1.91. The van der Waals surface area contributed by atoms with Crippen LogP contribution in [0.25, 0.3) is 11.3 Å². The molecule has 1 unspecified atom stereocenters. The zero-order chi connectivity index (χ0) is 14.5. The van der Waals surface area contributed by atoms with Gasteiger partial charge in [-0.3, -0.25) is 0 Å². The van der Waals surface area contributed by atoms with Crippen molar-refractivity contribution in [2.75, 3.05) is 6.61 Å². The largest absolute Gasteiger partial charge is 0.461 e. The highest BCUT2D eigenvalue weighted by atomic mass is 16.5. The Morgan fingerprint density at radius 3 is 2.60 bits per heavy atom. The van der Waals surface area contributed by atoms with E-state index in [4.69, 9.17) is 4.74 Å². The molecule has 1 heterocycles. The molecule has 1 atom stereocenters. The van der Waals surface area contributed by atoms with Crippen LogP contribution in [0.4, 0.5) is 0 Å². The number of hydrogen-bond acceptors (Lipinski definition) is 4. The van der Waals surface area contributed by atoms with Crippen LogP contribution in [-0.4, -0.2) is 27.6 Å². The van der Waals surface area contributed by atoms with E-state index in [0.717, 1.165) is 17.7 Å². The van der Waals surface area contributed by atoms with Gasteiger partial charge in [-0.2, -0.15) is 0 Å². The Balaban J connectivity index is 2.54. The summed E-state index contributed by atoms with van der Waals surface area (Å²) in [5.74, 6) is -0.430. The zero-order valence-electron chi connectivity index (χ0n) is 12.0. The molecule has 5 heteroatoms. The van der Waals surface area contributed by atoms with Crippen LogP contribution < -0.4 is 0 Å². The fourth-order valence-electron chi connectivity index (χ4n) is 1.98. The molecule has 5 nitrogen and oxygen atoms in total. The lowest BCUT2D eigenvalue weighted by atomic mass is 10.1. The number of esters is 1. The summed E-state index contributed by atoms with van der Waals surface area (Å²) in [6.45, 7) is 6.23. The van der Waals surface area contributed by atoms with Gasteiger partial charge in [0.2, 0.25) is 0 Å². The highest BCUT2D eigenvalue weighted by Gasteiger charge is 2.23. The molecule has 0 N–H and O–H groups in total. The number of carbonyl (C=O) groups excluding carboxylic acids is 1. The Bertz CT molecular complexity index is 578. The maximum absolute atomic E-state index is 12.0. The minimum absolute atomic E-state index is 0.167. The van der Waals surface area contributed by atoms with Crippen LogP contribution in [0.2, 0.25) is 0 Å². The highest BCUT2D eigenvalue weighted by molar-refractivity contribution is 5.94. The first-order chi connectivity index (χ1) is 9.69. The van der Waals surface area contributed by atoms with E-state index in [-0.39, 0.29) is 11.7 Å². The van der Waals surface area contributed by atoms with Crippen molar-refractivity contribution in [3.63, 3.8) is 0 Å². The van der Waals surface area contributed by atoms with Crippen molar-refractivity contribution in [1.29, 1.82) is 0 Å². The van der Waals surface area contributed by atoms with Crippen LogP contribution in [0, 0.1) is 0 Å². The zero-order valence-corrected chi connectivity index (χ0v) is 12.0. The monoisotopic (exact) mass is 273 g/mol. The predicted molar refractivity (Wildman–Crippen MR) is 76.4 cm³/mol. The van der Waals surface area contributed by atoms with E-state index >= 15 is 0 Å². The Hall–Kier alpha value is -2.17. The van der Waals surface area contributed by atoms with Crippen molar-refractivity contribution in [1.82, 2.24) is 15.0 Å². The molecule has 2 aromatic rings. The second-order valence-corrected chi connectivity index (χ2v) is 4.57. The van der Waals surface area contributed by atoms with Crippen molar-refractivity contribution < 1.29 is 9.53 Å². The van der Waals surface area contributed by atoms with Gasteiger partial charge in [0, 0.05) is 5.56 Å². The summed E-state index contributed by atoms with van der Waals surface area (Å²) in [6, 6.07) is 9.85. The summed E-state index contributed by atoms with van der Waals surface area (Å²) in [4.78, 5) is 12.0. The third-order valence-corrected chi connectivity index (χ3v) is 3.22. The quantitative estimate of drug-likeness (QED) is 0.785. The Morgan fingerprint density at radius 1 is 1.30 bits per heavy atom. The number of rotatable bonds is 5. The van der Waals surface area contributed by atoms with Crippen LogP contribution in [0.5, 0.6) is 0 Å². The minimum Gasteiger partial charge on any atom is -0.461 e. The second-order valence-electron chi connectivity index (χ2n) is 4.57.